The van der Waals surface area contributed by atoms with Gasteiger partial charge in [-0.2, -0.15) is 0 Å². The zero-order valence-electron chi connectivity index (χ0n) is 17.3. The number of amides is 2. The number of hydrogen-bond acceptors (Lipinski definition) is 2. The Kier molecular flexibility index (Phi) is 6.65. The number of benzene rings is 3. The van der Waals surface area contributed by atoms with Gasteiger partial charge in [-0.1, -0.05) is 60.2 Å². The van der Waals surface area contributed by atoms with Gasteiger partial charge in [0.05, 0.1) is 13.0 Å². The lowest BCUT2D eigenvalue weighted by Gasteiger charge is -2.12. The molecule has 0 aliphatic heterocycles. The Morgan fingerprint density at radius 2 is 1.52 bits per heavy atom. The van der Waals surface area contributed by atoms with E-state index in [1.54, 1.807) is 0 Å². The predicted molar refractivity (Wildman–Crippen MR) is 118 cm³/mol. The van der Waals surface area contributed by atoms with E-state index in [9.17, 15) is 9.59 Å². The Morgan fingerprint density at radius 3 is 2.28 bits per heavy atom. The molecular formula is C25H28N2O2. The molecular weight excluding hydrogens is 360 g/mol. The zero-order valence-corrected chi connectivity index (χ0v) is 17.3. The van der Waals surface area contributed by atoms with Gasteiger partial charge < -0.3 is 10.6 Å². The molecule has 0 spiro atoms. The van der Waals surface area contributed by atoms with E-state index in [1.807, 2.05) is 42.5 Å². The Labute approximate surface area is 172 Å². The van der Waals surface area contributed by atoms with E-state index < -0.39 is 0 Å². The van der Waals surface area contributed by atoms with Gasteiger partial charge in [-0.15, -0.1) is 0 Å². The van der Waals surface area contributed by atoms with Crippen LogP contribution in [0.4, 0.5) is 0 Å². The minimum atomic E-state index is -0.168. The molecule has 0 saturated heterocycles. The molecule has 0 aliphatic rings. The normalized spacial score (nSPS) is 10.7. The van der Waals surface area contributed by atoms with Gasteiger partial charge in [0.25, 0.3) is 0 Å². The summed E-state index contributed by atoms with van der Waals surface area (Å²) in [6.07, 6.45) is 1.05. The van der Waals surface area contributed by atoms with Crippen LogP contribution in [0, 0.1) is 20.8 Å². The van der Waals surface area contributed by atoms with Crippen LogP contribution in [-0.2, 0) is 22.4 Å². The van der Waals surface area contributed by atoms with Crippen molar-refractivity contribution >= 4 is 22.6 Å². The highest BCUT2D eigenvalue weighted by Gasteiger charge is 2.09. The van der Waals surface area contributed by atoms with Crippen LogP contribution in [0.2, 0.25) is 0 Å². The lowest BCUT2D eigenvalue weighted by molar-refractivity contribution is -0.125. The van der Waals surface area contributed by atoms with Crippen LogP contribution in [0.5, 0.6) is 0 Å². The van der Waals surface area contributed by atoms with E-state index >= 15 is 0 Å². The average Bonchev–Trinajstić information content (AvgIpc) is 2.68. The van der Waals surface area contributed by atoms with Crippen molar-refractivity contribution < 1.29 is 9.59 Å². The summed E-state index contributed by atoms with van der Waals surface area (Å²) in [6.45, 7) is 6.85. The predicted octanol–water partition coefficient (Wildman–Crippen LogP) is 3.78. The summed E-state index contributed by atoms with van der Waals surface area (Å²) in [5.41, 5.74) is 5.99. The van der Waals surface area contributed by atoms with Crippen LogP contribution in [0.15, 0.2) is 54.6 Å². The van der Waals surface area contributed by atoms with Crippen molar-refractivity contribution in [2.45, 2.75) is 33.6 Å². The van der Waals surface area contributed by atoms with E-state index in [0.717, 1.165) is 22.8 Å². The number of aryl methyl sites for hydroxylation is 3. The largest absolute Gasteiger partial charge is 0.354 e. The van der Waals surface area contributed by atoms with Crippen molar-refractivity contribution in [3.05, 3.63) is 82.4 Å². The number of hydrogen-bond donors (Lipinski definition) is 2. The fourth-order valence-corrected chi connectivity index (χ4v) is 3.85. The second-order valence-corrected chi connectivity index (χ2v) is 7.57. The summed E-state index contributed by atoms with van der Waals surface area (Å²) in [5.74, 6) is -0.319. The van der Waals surface area contributed by atoms with E-state index in [-0.39, 0.29) is 24.8 Å². The molecule has 3 aromatic rings. The molecule has 29 heavy (non-hydrogen) atoms. The number of carbonyl (C=O) groups excluding carboxylic acids is 2. The molecule has 2 amide bonds. The minimum Gasteiger partial charge on any atom is -0.354 e. The minimum absolute atomic E-state index is 0.00450. The molecule has 3 rings (SSSR count). The third kappa shape index (κ3) is 5.44. The summed E-state index contributed by atoms with van der Waals surface area (Å²) in [6, 6.07) is 18.3. The van der Waals surface area contributed by atoms with Crippen molar-refractivity contribution in [3.63, 3.8) is 0 Å². The summed E-state index contributed by atoms with van der Waals surface area (Å²) in [5, 5.41) is 7.80. The van der Waals surface area contributed by atoms with E-state index in [0.29, 0.717) is 6.54 Å². The van der Waals surface area contributed by atoms with Crippen LogP contribution in [0.1, 0.15) is 27.8 Å². The monoisotopic (exact) mass is 388 g/mol. The zero-order chi connectivity index (χ0) is 20.8. The van der Waals surface area contributed by atoms with Gasteiger partial charge in [0.1, 0.15) is 0 Å². The third-order valence-corrected chi connectivity index (χ3v) is 5.21. The van der Waals surface area contributed by atoms with Crippen molar-refractivity contribution in [3.8, 4) is 0 Å². The van der Waals surface area contributed by atoms with Gasteiger partial charge in [-0.25, -0.2) is 0 Å². The van der Waals surface area contributed by atoms with Crippen LogP contribution in [-0.4, -0.2) is 24.9 Å². The number of fused-ring (bicyclic) bond motifs is 1. The highest BCUT2D eigenvalue weighted by atomic mass is 16.2. The molecule has 0 aromatic heterocycles. The molecule has 0 bridgehead atoms. The summed E-state index contributed by atoms with van der Waals surface area (Å²) >= 11 is 0. The van der Waals surface area contributed by atoms with Gasteiger partial charge >= 0.3 is 0 Å². The van der Waals surface area contributed by atoms with Crippen molar-refractivity contribution in [2.24, 2.45) is 0 Å². The van der Waals surface area contributed by atoms with Crippen LogP contribution < -0.4 is 10.6 Å². The summed E-state index contributed by atoms with van der Waals surface area (Å²) in [7, 11) is 0. The molecule has 0 heterocycles. The third-order valence-electron chi connectivity index (χ3n) is 5.21. The molecule has 0 saturated carbocycles. The molecule has 150 valence electrons. The fraction of sp³-hybridized carbons (Fsp3) is 0.280. The first-order valence-electron chi connectivity index (χ1n) is 10.0. The van der Waals surface area contributed by atoms with E-state index in [1.165, 1.54) is 22.3 Å². The SMILES string of the molecule is Cc1cc(C)c(CCNC(=O)CNC(=O)Cc2cccc3ccccc23)c(C)c1. The fourth-order valence-electron chi connectivity index (χ4n) is 3.85. The summed E-state index contributed by atoms with van der Waals surface area (Å²) < 4.78 is 0. The Morgan fingerprint density at radius 1 is 0.828 bits per heavy atom. The average molecular weight is 389 g/mol. The van der Waals surface area contributed by atoms with E-state index in [2.05, 4.69) is 43.5 Å². The summed E-state index contributed by atoms with van der Waals surface area (Å²) in [4.78, 5) is 24.4. The molecule has 0 unspecified atom stereocenters. The van der Waals surface area contributed by atoms with Gasteiger partial charge in [-0.3, -0.25) is 9.59 Å². The maximum Gasteiger partial charge on any atom is 0.239 e. The van der Waals surface area contributed by atoms with E-state index in [4.69, 9.17) is 0 Å². The smallest absolute Gasteiger partial charge is 0.239 e. The van der Waals surface area contributed by atoms with Crippen molar-refractivity contribution in [2.75, 3.05) is 13.1 Å². The van der Waals surface area contributed by atoms with Crippen LogP contribution in [0.25, 0.3) is 10.8 Å². The number of rotatable bonds is 7. The molecule has 0 aliphatic carbocycles. The Balaban J connectivity index is 1.46. The number of nitrogens with one attached hydrogen (secondary N) is 2. The highest BCUT2D eigenvalue weighted by molar-refractivity contribution is 5.91. The number of carbonyl (C=O) groups is 2. The van der Waals surface area contributed by atoms with Gasteiger partial charge in [0, 0.05) is 6.54 Å². The topological polar surface area (TPSA) is 58.2 Å². The molecule has 4 nitrogen and oxygen atoms in total. The first-order chi connectivity index (χ1) is 13.9. The quantitative estimate of drug-likeness (QED) is 0.647. The second-order valence-electron chi connectivity index (χ2n) is 7.57. The molecule has 2 N–H and O–H groups in total. The Bertz CT molecular complexity index is 1010. The highest BCUT2D eigenvalue weighted by Crippen LogP contribution is 2.19. The molecule has 4 heteroatoms. The molecule has 0 fully saturated rings. The standard InChI is InChI=1S/C25H28N2O2/c1-17-13-18(2)22(19(3)14-17)11-12-26-25(29)16-27-24(28)15-21-9-6-8-20-7-4-5-10-23(20)21/h4-10,13-14H,11-12,15-16H2,1-3H3,(H,26,29)(H,27,28). The Hall–Kier alpha value is -3.14. The van der Waals surface area contributed by atoms with Crippen LogP contribution in [0.3, 0.4) is 0 Å². The molecule has 0 atom stereocenters. The maximum atomic E-state index is 12.3. The lowest BCUT2D eigenvalue weighted by atomic mass is 9.97. The second kappa shape index (κ2) is 9.37. The lowest BCUT2D eigenvalue weighted by Crippen LogP contribution is -2.38. The van der Waals surface area contributed by atoms with Gasteiger partial charge in [0.15, 0.2) is 0 Å². The first-order valence-corrected chi connectivity index (χ1v) is 10.0. The maximum absolute atomic E-state index is 12.3. The van der Waals surface area contributed by atoms with Crippen molar-refractivity contribution in [1.82, 2.24) is 10.6 Å². The van der Waals surface area contributed by atoms with Crippen LogP contribution >= 0.6 is 0 Å². The van der Waals surface area contributed by atoms with Gasteiger partial charge in [0.2, 0.25) is 11.8 Å². The first kappa shape index (κ1) is 20.6. The molecule has 3 aromatic carbocycles. The molecule has 0 radical (unpaired) electrons. The van der Waals surface area contributed by atoms with Crippen molar-refractivity contribution in [1.29, 1.82) is 0 Å². The van der Waals surface area contributed by atoms with Gasteiger partial charge in [-0.05, 0) is 60.2 Å².